The number of carbonyl (C=O) groups is 1. The first kappa shape index (κ1) is 15.5. The van der Waals surface area contributed by atoms with E-state index in [-0.39, 0.29) is 17.9 Å². The standard InChI is InChI=1S/C15H24N2O2/c1-11(2)15(18)16-10-13(17(3)4)12-8-6-7-9-14(12)19-5/h6-9,11,13H,10H2,1-5H3,(H,16,18). The summed E-state index contributed by atoms with van der Waals surface area (Å²) in [4.78, 5) is 13.8. The number of carbonyl (C=O) groups excluding carboxylic acids is 1. The van der Waals surface area contributed by atoms with Gasteiger partial charge in [-0.3, -0.25) is 4.79 Å². The van der Waals surface area contributed by atoms with Crippen LogP contribution in [0.1, 0.15) is 25.5 Å². The van der Waals surface area contributed by atoms with Crippen LogP contribution in [0.25, 0.3) is 0 Å². The van der Waals surface area contributed by atoms with Crippen molar-refractivity contribution in [1.82, 2.24) is 10.2 Å². The Hall–Kier alpha value is -1.55. The Balaban J connectivity index is 2.86. The fourth-order valence-corrected chi connectivity index (χ4v) is 1.91. The van der Waals surface area contributed by atoms with Gasteiger partial charge in [0.2, 0.25) is 5.91 Å². The second-order valence-electron chi connectivity index (χ2n) is 5.12. The molecule has 0 aliphatic carbocycles. The molecule has 0 spiro atoms. The number of hydrogen-bond donors (Lipinski definition) is 1. The van der Waals surface area contributed by atoms with Crippen molar-refractivity contribution in [3.8, 4) is 5.75 Å². The van der Waals surface area contributed by atoms with Crippen molar-refractivity contribution in [1.29, 1.82) is 0 Å². The van der Waals surface area contributed by atoms with Crippen LogP contribution in [-0.4, -0.2) is 38.6 Å². The van der Waals surface area contributed by atoms with E-state index in [4.69, 9.17) is 4.74 Å². The molecule has 0 aromatic heterocycles. The van der Waals surface area contributed by atoms with Crippen molar-refractivity contribution in [3.05, 3.63) is 29.8 Å². The predicted molar refractivity (Wildman–Crippen MR) is 77.3 cm³/mol. The molecule has 0 aliphatic heterocycles. The number of amides is 1. The molecule has 1 N–H and O–H groups in total. The van der Waals surface area contributed by atoms with E-state index in [1.165, 1.54) is 0 Å². The number of methoxy groups -OCH3 is 1. The van der Waals surface area contributed by atoms with Gasteiger partial charge in [-0.25, -0.2) is 0 Å². The molecular formula is C15H24N2O2. The summed E-state index contributed by atoms with van der Waals surface area (Å²) in [6.07, 6.45) is 0. The van der Waals surface area contributed by atoms with Gasteiger partial charge in [0, 0.05) is 18.0 Å². The van der Waals surface area contributed by atoms with Crippen LogP contribution in [0.4, 0.5) is 0 Å². The Morgan fingerprint density at radius 3 is 2.47 bits per heavy atom. The number of likely N-dealkylation sites (N-methyl/N-ethyl adjacent to an activating group) is 1. The molecule has 0 saturated heterocycles. The number of rotatable bonds is 6. The van der Waals surface area contributed by atoms with Gasteiger partial charge in [-0.05, 0) is 20.2 Å². The third-order valence-corrected chi connectivity index (χ3v) is 3.12. The summed E-state index contributed by atoms with van der Waals surface area (Å²) in [7, 11) is 5.66. The Labute approximate surface area is 115 Å². The molecule has 1 atom stereocenters. The predicted octanol–water partition coefficient (Wildman–Crippen LogP) is 2.07. The third kappa shape index (κ3) is 4.24. The van der Waals surface area contributed by atoms with Crippen molar-refractivity contribution < 1.29 is 9.53 Å². The van der Waals surface area contributed by atoms with E-state index in [0.29, 0.717) is 6.54 Å². The SMILES string of the molecule is COc1ccccc1C(CNC(=O)C(C)C)N(C)C. The quantitative estimate of drug-likeness (QED) is 0.855. The van der Waals surface area contributed by atoms with Crippen LogP contribution in [0.15, 0.2) is 24.3 Å². The minimum absolute atomic E-state index is 0.000446. The van der Waals surface area contributed by atoms with E-state index < -0.39 is 0 Å². The fraction of sp³-hybridized carbons (Fsp3) is 0.533. The molecule has 0 bridgehead atoms. The topological polar surface area (TPSA) is 41.6 Å². The molecule has 19 heavy (non-hydrogen) atoms. The molecule has 4 nitrogen and oxygen atoms in total. The highest BCUT2D eigenvalue weighted by Gasteiger charge is 2.19. The van der Waals surface area contributed by atoms with Crippen LogP contribution in [-0.2, 0) is 4.79 Å². The highest BCUT2D eigenvalue weighted by Crippen LogP contribution is 2.27. The molecule has 4 heteroatoms. The normalized spacial score (nSPS) is 12.6. The average molecular weight is 264 g/mol. The Kier molecular flexibility index (Phi) is 5.83. The van der Waals surface area contributed by atoms with Gasteiger partial charge >= 0.3 is 0 Å². The zero-order chi connectivity index (χ0) is 14.4. The summed E-state index contributed by atoms with van der Waals surface area (Å²) in [6, 6.07) is 8.00. The van der Waals surface area contributed by atoms with E-state index in [1.807, 2.05) is 52.2 Å². The van der Waals surface area contributed by atoms with E-state index in [1.54, 1.807) is 7.11 Å². The zero-order valence-corrected chi connectivity index (χ0v) is 12.4. The van der Waals surface area contributed by atoms with Crippen LogP contribution >= 0.6 is 0 Å². The molecule has 0 heterocycles. The van der Waals surface area contributed by atoms with Crippen LogP contribution in [0.2, 0.25) is 0 Å². The van der Waals surface area contributed by atoms with Gasteiger partial charge in [0.05, 0.1) is 13.2 Å². The van der Waals surface area contributed by atoms with Gasteiger partial charge in [-0.15, -0.1) is 0 Å². The summed E-state index contributed by atoms with van der Waals surface area (Å²) in [5.74, 6) is 0.919. The molecule has 106 valence electrons. The van der Waals surface area contributed by atoms with Gasteiger partial charge in [-0.1, -0.05) is 32.0 Å². The number of para-hydroxylation sites is 1. The Morgan fingerprint density at radius 1 is 1.32 bits per heavy atom. The van der Waals surface area contributed by atoms with Crippen LogP contribution in [0.3, 0.4) is 0 Å². The molecule has 0 radical (unpaired) electrons. The third-order valence-electron chi connectivity index (χ3n) is 3.12. The second-order valence-corrected chi connectivity index (χ2v) is 5.12. The van der Waals surface area contributed by atoms with Crippen molar-refractivity contribution in [3.63, 3.8) is 0 Å². The number of hydrogen-bond acceptors (Lipinski definition) is 3. The average Bonchev–Trinajstić information content (AvgIpc) is 2.38. The summed E-state index contributed by atoms with van der Waals surface area (Å²) >= 11 is 0. The smallest absolute Gasteiger partial charge is 0.222 e. The summed E-state index contributed by atoms with van der Waals surface area (Å²) in [5.41, 5.74) is 1.08. The minimum atomic E-state index is 0.000446. The number of benzene rings is 1. The van der Waals surface area contributed by atoms with Crippen molar-refractivity contribution >= 4 is 5.91 Å². The first-order chi connectivity index (χ1) is 8.97. The van der Waals surface area contributed by atoms with Gasteiger partial charge in [0.1, 0.15) is 5.75 Å². The molecule has 1 aromatic rings. The number of nitrogens with zero attached hydrogens (tertiary/aromatic N) is 1. The van der Waals surface area contributed by atoms with Crippen LogP contribution < -0.4 is 10.1 Å². The molecule has 1 rings (SSSR count). The lowest BCUT2D eigenvalue weighted by Gasteiger charge is -2.26. The van der Waals surface area contributed by atoms with Crippen molar-refractivity contribution in [2.24, 2.45) is 5.92 Å². The van der Waals surface area contributed by atoms with E-state index in [9.17, 15) is 4.79 Å². The summed E-state index contributed by atoms with van der Waals surface area (Å²) < 4.78 is 5.39. The maximum absolute atomic E-state index is 11.7. The lowest BCUT2D eigenvalue weighted by Crippen LogP contribution is -2.36. The zero-order valence-electron chi connectivity index (χ0n) is 12.4. The maximum atomic E-state index is 11.7. The molecule has 0 fully saturated rings. The highest BCUT2D eigenvalue weighted by molar-refractivity contribution is 5.77. The monoisotopic (exact) mass is 264 g/mol. The Morgan fingerprint density at radius 2 is 1.95 bits per heavy atom. The fourth-order valence-electron chi connectivity index (χ4n) is 1.91. The van der Waals surface area contributed by atoms with Crippen LogP contribution in [0.5, 0.6) is 5.75 Å². The van der Waals surface area contributed by atoms with E-state index in [0.717, 1.165) is 11.3 Å². The van der Waals surface area contributed by atoms with E-state index in [2.05, 4.69) is 10.2 Å². The van der Waals surface area contributed by atoms with Crippen LogP contribution in [0, 0.1) is 5.92 Å². The summed E-state index contributed by atoms with van der Waals surface area (Å²) in [5, 5.41) is 2.98. The molecular weight excluding hydrogens is 240 g/mol. The maximum Gasteiger partial charge on any atom is 0.222 e. The summed E-state index contributed by atoms with van der Waals surface area (Å²) in [6.45, 7) is 4.36. The molecule has 1 amide bonds. The van der Waals surface area contributed by atoms with Gasteiger partial charge in [0.25, 0.3) is 0 Å². The molecule has 1 unspecified atom stereocenters. The number of nitrogens with one attached hydrogen (secondary N) is 1. The number of ether oxygens (including phenoxy) is 1. The largest absolute Gasteiger partial charge is 0.496 e. The lowest BCUT2D eigenvalue weighted by atomic mass is 10.0. The molecule has 1 aromatic carbocycles. The first-order valence-corrected chi connectivity index (χ1v) is 6.54. The van der Waals surface area contributed by atoms with Crippen molar-refractivity contribution in [2.75, 3.05) is 27.7 Å². The van der Waals surface area contributed by atoms with Crippen molar-refractivity contribution in [2.45, 2.75) is 19.9 Å². The van der Waals surface area contributed by atoms with Gasteiger partial charge < -0.3 is 15.0 Å². The highest BCUT2D eigenvalue weighted by atomic mass is 16.5. The van der Waals surface area contributed by atoms with Gasteiger partial charge in [0.15, 0.2) is 0 Å². The lowest BCUT2D eigenvalue weighted by molar-refractivity contribution is -0.124. The second kappa shape index (κ2) is 7.14. The Bertz CT molecular complexity index is 416. The van der Waals surface area contributed by atoms with E-state index >= 15 is 0 Å². The molecule has 0 saturated carbocycles. The van der Waals surface area contributed by atoms with Gasteiger partial charge in [-0.2, -0.15) is 0 Å². The minimum Gasteiger partial charge on any atom is -0.496 e. The first-order valence-electron chi connectivity index (χ1n) is 6.54. The molecule has 0 aliphatic rings.